The number of halogens is 1. The number of rotatable bonds is 4. The molecule has 0 radical (unpaired) electrons. The summed E-state index contributed by atoms with van der Waals surface area (Å²) >= 11 is 3.46. The Morgan fingerprint density at radius 2 is 2.20 bits per heavy atom. The van der Waals surface area contributed by atoms with Crippen molar-refractivity contribution in [2.75, 3.05) is 24.3 Å². The minimum absolute atomic E-state index is 0.637. The van der Waals surface area contributed by atoms with Crippen molar-refractivity contribution in [1.82, 2.24) is 9.55 Å². The van der Waals surface area contributed by atoms with Gasteiger partial charge < -0.3 is 14.8 Å². The summed E-state index contributed by atoms with van der Waals surface area (Å²) in [5.74, 6) is 0.917. The van der Waals surface area contributed by atoms with Gasteiger partial charge in [-0.2, -0.15) is 5.26 Å². The Kier molecular flexibility index (Phi) is 4.30. The summed E-state index contributed by atoms with van der Waals surface area (Å²) in [6, 6.07) is 7.61. The number of aromatic nitrogens is 2. The summed E-state index contributed by atoms with van der Waals surface area (Å²) in [5.41, 5.74) is 2.68. The van der Waals surface area contributed by atoms with Crippen molar-refractivity contribution in [3.63, 3.8) is 0 Å². The van der Waals surface area contributed by atoms with Crippen LogP contribution >= 0.6 is 15.9 Å². The molecule has 1 aromatic heterocycles. The number of hydrogen-bond acceptors (Lipinski definition) is 4. The second-order valence-electron chi connectivity index (χ2n) is 4.66. The van der Waals surface area contributed by atoms with Crippen LogP contribution in [0.1, 0.15) is 11.3 Å². The van der Waals surface area contributed by atoms with E-state index in [1.165, 1.54) is 0 Å². The lowest BCUT2D eigenvalue weighted by Gasteiger charge is -2.13. The van der Waals surface area contributed by atoms with E-state index in [1.54, 1.807) is 12.1 Å². The molecular formula is C14H16BrN5. The first kappa shape index (κ1) is 14.4. The summed E-state index contributed by atoms with van der Waals surface area (Å²) < 4.78 is 2.93. The molecule has 0 fully saturated rings. The number of nitriles is 1. The maximum absolute atomic E-state index is 8.84. The van der Waals surface area contributed by atoms with E-state index in [9.17, 15) is 0 Å². The smallest absolute Gasteiger partial charge is 0.204 e. The molecule has 5 nitrogen and oxygen atoms in total. The second-order valence-corrected chi connectivity index (χ2v) is 5.52. The number of anilines is 2. The average molecular weight is 334 g/mol. The number of hydrogen-bond donors (Lipinski definition) is 1. The fourth-order valence-corrected chi connectivity index (χ4v) is 2.45. The van der Waals surface area contributed by atoms with Gasteiger partial charge in [0, 0.05) is 31.3 Å². The van der Waals surface area contributed by atoms with E-state index in [4.69, 9.17) is 5.26 Å². The van der Waals surface area contributed by atoms with E-state index in [0.29, 0.717) is 12.1 Å². The van der Waals surface area contributed by atoms with Crippen LogP contribution in [0.3, 0.4) is 0 Å². The van der Waals surface area contributed by atoms with Crippen molar-refractivity contribution < 1.29 is 0 Å². The van der Waals surface area contributed by atoms with Crippen LogP contribution in [0.5, 0.6) is 0 Å². The van der Waals surface area contributed by atoms with Crippen molar-refractivity contribution in [2.45, 2.75) is 6.54 Å². The quantitative estimate of drug-likeness (QED) is 0.934. The highest BCUT2D eigenvalue weighted by atomic mass is 79.9. The lowest BCUT2D eigenvalue weighted by molar-refractivity contribution is 0.814. The topological polar surface area (TPSA) is 56.9 Å². The van der Waals surface area contributed by atoms with Crippen LogP contribution in [-0.2, 0) is 13.6 Å². The molecule has 0 bridgehead atoms. The average Bonchev–Trinajstić information content (AvgIpc) is 2.78. The normalized spacial score (nSPS) is 10.2. The summed E-state index contributed by atoms with van der Waals surface area (Å²) in [6.07, 6.45) is 1.86. The van der Waals surface area contributed by atoms with Gasteiger partial charge in [0.05, 0.1) is 30.1 Å². The van der Waals surface area contributed by atoms with Crippen LogP contribution in [0.25, 0.3) is 0 Å². The molecule has 0 amide bonds. The number of nitrogens with one attached hydrogen (secondary N) is 1. The maximum Gasteiger partial charge on any atom is 0.204 e. The minimum atomic E-state index is 0.637. The van der Waals surface area contributed by atoms with E-state index in [0.717, 1.165) is 21.8 Å². The minimum Gasteiger partial charge on any atom is -0.378 e. The van der Waals surface area contributed by atoms with Crippen molar-refractivity contribution in [3.05, 3.63) is 40.1 Å². The zero-order valence-corrected chi connectivity index (χ0v) is 13.3. The van der Waals surface area contributed by atoms with Crippen LogP contribution < -0.4 is 10.2 Å². The van der Waals surface area contributed by atoms with Gasteiger partial charge in [-0.1, -0.05) is 0 Å². The number of imidazole rings is 1. The van der Waals surface area contributed by atoms with E-state index in [1.807, 2.05) is 42.9 Å². The molecule has 0 spiro atoms. The largest absolute Gasteiger partial charge is 0.378 e. The zero-order chi connectivity index (χ0) is 14.7. The molecule has 0 saturated carbocycles. The predicted octanol–water partition coefficient (Wildman–Crippen LogP) is 2.73. The molecule has 104 valence electrons. The Morgan fingerprint density at radius 1 is 1.45 bits per heavy atom. The van der Waals surface area contributed by atoms with Crippen molar-refractivity contribution in [1.29, 1.82) is 5.26 Å². The van der Waals surface area contributed by atoms with E-state index in [-0.39, 0.29) is 0 Å². The molecule has 0 aliphatic carbocycles. The van der Waals surface area contributed by atoms with Gasteiger partial charge >= 0.3 is 0 Å². The third kappa shape index (κ3) is 2.94. The van der Waals surface area contributed by atoms with Gasteiger partial charge in [0.15, 0.2) is 0 Å². The third-order valence-corrected chi connectivity index (χ3v) is 3.67. The van der Waals surface area contributed by atoms with Gasteiger partial charge in [-0.3, -0.25) is 0 Å². The summed E-state index contributed by atoms with van der Waals surface area (Å²) in [4.78, 5) is 6.34. The van der Waals surface area contributed by atoms with Gasteiger partial charge in [-0.05, 0) is 34.1 Å². The molecule has 2 aromatic rings. The van der Waals surface area contributed by atoms with Crippen LogP contribution in [0.2, 0.25) is 0 Å². The fraction of sp³-hybridized carbons (Fsp3) is 0.286. The van der Waals surface area contributed by atoms with E-state index in [2.05, 4.69) is 32.3 Å². The van der Waals surface area contributed by atoms with Crippen LogP contribution in [0, 0.1) is 11.3 Å². The highest BCUT2D eigenvalue weighted by Crippen LogP contribution is 2.24. The van der Waals surface area contributed by atoms with Crippen LogP contribution in [0.15, 0.2) is 28.9 Å². The molecular weight excluding hydrogens is 318 g/mol. The van der Waals surface area contributed by atoms with Gasteiger partial charge in [-0.15, -0.1) is 0 Å². The Morgan fingerprint density at radius 3 is 2.75 bits per heavy atom. The Hall–Kier alpha value is -2.00. The highest BCUT2D eigenvalue weighted by molar-refractivity contribution is 9.10. The molecule has 0 saturated heterocycles. The zero-order valence-electron chi connectivity index (χ0n) is 11.7. The summed E-state index contributed by atoms with van der Waals surface area (Å²) in [6.45, 7) is 0.668. The third-order valence-electron chi connectivity index (χ3n) is 3.02. The van der Waals surface area contributed by atoms with Gasteiger partial charge in [-0.25, -0.2) is 4.98 Å². The Balaban J connectivity index is 2.11. The monoisotopic (exact) mass is 333 g/mol. The van der Waals surface area contributed by atoms with Crippen molar-refractivity contribution >= 4 is 27.6 Å². The molecule has 2 rings (SSSR count). The van der Waals surface area contributed by atoms with Gasteiger partial charge in [0.1, 0.15) is 0 Å². The van der Waals surface area contributed by atoms with Gasteiger partial charge in [0.2, 0.25) is 5.95 Å². The van der Waals surface area contributed by atoms with Crippen LogP contribution in [0.4, 0.5) is 11.6 Å². The number of benzene rings is 1. The molecule has 0 unspecified atom stereocenters. The summed E-state index contributed by atoms with van der Waals surface area (Å²) in [7, 11) is 5.93. The molecule has 1 heterocycles. The van der Waals surface area contributed by atoms with Crippen molar-refractivity contribution in [3.8, 4) is 6.07 Å². The highest BCUT2D eigenvalue weighted by Gasteiger charge is 2.08. The molecule has 0 aliphatic heterocycles. The molecule has 0 atom stereocenters. The molecule has 6 heteroatoms. The Labute approximate surface area is 127 Å². The second kappa shape index (κ2) is 5.97. The summed E-state index contributed by atoms with van der Waals surface area (Å²) in [5, 5.41) is 12.2. The predicted molar refractivity (Wildman–Crippen MR) is 83.7 cm³/mol. The molecule has 1 N–H and O–H groups in total. The van der Waals surface area contributed by atoms with Gasteiger partial charge in [0.25, 0.3) is 0 Å². The standard InChI is InChI=1S/C14H16BrN5/c1-19(2)14-18-9-11(20(14)3)8-17-13-5-4-10(7-16)6-12(13)15/h4-6,9,17H,8H2,1-3H3. The lowest BCUT2D eigenvalue weighted by atomic mass is 10.2. The van der Waals surface area contributed by atoms with E-state index < -0.39 is 0 Å². The molecule has 1 aromatic carbocycles. The maximum atomic E-state index is 8.84. The first-order valence-electron chi connectivity index (χ1n) is 6.14. The first-order valence-corrected chi connectivity index (χ1v) is 6.93. The SMILES string of the molecule is CN(C)c1ncc(CNc2ccc(C#N)cc2Br)n1C. The Bertz CT molecular complexity index is 654. The van der Waals surface area contributed by atoms with Crippen molar-refractivity contribution in [2.24, 2.45) is 7.05 Å². The van der Waals surface area contributed by atoms with Crippen LogP contribution in [-0.4, -0.2) is 23.6 Å². The lowest BCUT2D eigenvalue weighted by Crippen LogP contribution is -2.15. The number of nitrogens with zero attached hydrogens (tertiary/aromatic N) is 4. The fourth-order valence-electron chi connectivity index (χ4n) is 1.93. The first-order chi connectivity index (χ1) is 9.52. The van der Waals surface area contributed by atoms with E-state index >= 15 is 0 Å². The molecule has 0 aliphatic rings. The molecule has 20 heavy (non-hydrogen) atoms.